The average molecular weight is 238 g/mol. The molecule has 0 radical (unpaired) electrons. The summed E-state index contributed by atoms with van der Waals surface area (Å²) < 4.78 is 5.29. The smallest absolute Gasteiger partial charge is 0.234 e. The van der Waals surface area contributed by atoms with Crippen LogP contribution in [0.3, 0.4) is 0 Å². The van der Waals surface area contributed by atoms with Crippen molar-refractivity contribution in [1.82, 2.24) is 10.2 Å². The van der Waals surface area contributed by atoms with E-state index in [9.17, 15) is 4.79 Å². The van der Waals surface area contributed by atoms with Crippen LogP contribution in [-0.4, -0.2) is 41.7 Å². The van der Waals surface area contributed by atoms with Gasteiger partial charge in [0.05, 0.1) is 26.0 Å². The predicted octanol–water partition coefficient (Wildman–Crippen LogP) is 0.353. The van der Waals surface area contributed by atoms with Crippen LogP contribution < -0.4 is 5.32 Å². The molecule has 1 aromatic heterocycles. The zero-order chi connectivity index (χ0) is 12.1. The summed E-state index contributed by atoms with van der Waals surface area (Å²) in [6, 6.07) is 4.27. The fraction of sp³-hybridized carbons (Fsp3) is 0.583. The number of carbonyl (C=O) groups is 1. The molecule has 2 N–H and O–H groups in total. The Kier molecular flexibility index (Phi) is 4.17. The maximum atomic E-state index is 11.6. The maximum Gasteiger partial charge on any atom is 0.234 e. The van der Waals surface area contributed by atoms with Crippen LogP contribution in [-0.2, 0) is 11.3 Å². The lowest BCUT2D eigenvalue weighted by Crippen LogP contribution is -2.39. The number of furan rings is 1. The Morgan fingerprint density at radius 2 is 2.41 bits per heavy atom. The van der Waals surface area contributed by atoms with E-state index in [1.54, 1.807) is 6.26 Å². The Bertz CT molecular complexity index is 347. The molecule has 1 saturated carbocycles. The Morgan fingerprint density at radius 1 is 1.59 bits per heavy atom. The number of nitrogens with zero attached hydrogens (tertiary/aromatic N) is 1. The second-order valence-electron chi connectivity index (χ2n) is 4.29. The summed E-state index contributed by atoms with van der Waals surface area (Å²) in [5.41, 5.74) is 0. The van der Waals surface area contributed by atoms with Crippen molar-refractivity contribution in [3.63, 3.8) is 0 Å². The van der Waals surface area contributed by atoms with Crippen LogP contribution in [0.4, 0.5) is 0 Å². The molecule has 1 fully saturated rings. The van der Waals surface area contributed by atoms with Crippen LogP contribution in [0.25, 0.3) is 0 Å². The number of hydrogen-bond donors (Lipinski definition) is 2. The second-order valence-corrected chi connectivity index (χ2v) is 4.29. The molecular formula is C12H18N2O3. The van der Waals surface area contributed by atoms with E-state index in [0.29, 0.717) is 25.7 Å². The molecule has 17 heavy (non-hydrogen) atoms. The van der Waals surface area contributed by atoms with Gasteiger partial charge in [0.15, 0.2) is 0 Å². The number of hydrogen-bond acceptors (Lipinski definition) is 4. The van der Waals surface area contributed by atoms with Crippen LogP contribution in [0.5, 0.6) is 0 Å². The molecule has 0 unspecified atom stereocenters. The van der Waals surface area contributed by atoms with Crippen molar-refractivity contribution in [2.45, 2.75) is 25.4 Å². The Hall–Kier alpha value is -1.33. The third-order valence-electron chi connectivity index (χ3n) is 2.78. The van der Waals surface area contributed by atoms with Crippen molar-refractivity contribution in [3.05, 3.63) is 24.2 Å². The summed E-state index contributed by atoms with van der Waals surface area (Å²) >= 11 is 0. The summed E-state index contributed by atoms with van der Waals surface area (Å²) in [6.07, 6.45) is 3.94. The first-order valence-electron chi connectivity index (χ1n) is 5.93. The van der Waals surface area contributed by atoms with Gasteiger partial charge in [-0.15, -0.1) is 0 Å². The maximum absolute atomic E-state index is 11.6. The number of rotatable bonds is 7. The van der Waals surface area contributed by atoms with Crippen molar-refractivity contribution in [2.24, 2.45) is 0 Å². The third-order valence-corrected chi connectivity index (χ3v) is 2.78. The molecule has 1 heterocycles. The average Bonchev–Trinajstić information content (AvgIpc) is 3.05. The molecule has 5 nitrogen and oxygen atoms in total. The van der Waals surface area contributed by atoms with E-state index >= 15 is 0 Å². The van der Waals surface area contributed by atoms with Crippen molar-refractivity contribution in [1.29, 1.82) is 0 Å². The molecule has 0 atom stereocenters. The lowest BCUT2D eigenvalue weighted by molar-refractivity contribution is -0.122. The fourth-order valence-electron chi connectivity index (χ4n) is 1.79. The van der Waals surface area contributed by atoms with Crippen LogP contribution in [0.1, 0.15) is 18.6 Å². The van der Waals surface area contributed by atoms with Crippen molar-refractivity contribution in [3.8, 4) is 0 Å². The van der Waals surface area contributed by atoms with Gasteiger partial charge < -0.3 is 14.8 Å². The summed E-state index contributed by atoms with van der Waals surface area (Å²) in [5, 5.41) is 11.3. The third kappa shape index (κ3) is 3.87. The molecule has 0 aromatic carbocycles. The van der Waals surface area contributed by atoms with E-state index in [4.69, 9.17) is 9.52 Å². The van der Waals surface area contributed by atoms with E-state index in [1.165, 1.54) is 0 Å². The molecule has 1 amide bonds. The molecule has 1 aliphatic rings. The molecule has 1 aromatic rings. The van der Waals surface area contributed by atoms with Gasteiger partial charge in [0.1, 0.15) is 5.76 Å². The predicted molar refractivity (Wildman–Crippen MR) is 62.2 cm³/mol. The number of amides is 1. The molecule has 0 aliphatic heterocycles. The Labute approximate surface area is 100 Å². The molecule has 0 spiro atoms. The van der Waals surface area contributed by atoms with Gasteiger partial charge in [0.2, 0.25) is 5.91 Å². The highest BCUT2D eigenvalue weighted by molar-refractivity contribution is 5.78. The van der Waals surface area contributed by atoms with Gasteiger partial charge in [-0.05, 0) is 25.0 Å². The highest BCUT2D eigenvalue weighted by atomic mass is 16.3. The molecule has 0 saturated heterocycles. The molecule has 1 aliphatic carbocycles. The van der Waals surface area contributed by atoms with E-state index in [-0.39, 0.29) is 12.5 Å². The summed E-state index contributed by atoms with van der Waals surface area (Å²) in [5.74, 6) is 0.837. The number of carbonyl (C=O) groups excluding carboxylic acids is 1. The van der Waals surface area contributed by atoms with Crippen molar-refractivity contribution < 1.29 is 14.3 Å². The summed E-state index contributed by atoms with van der Waals surface area (Å²) in [7, 11) is 0. The molecule has 0 bridgehead atoms. The minimum Gasteiger partial charge on any atom is -0.468 e. The van der Waals surface area contributed by atoms with Crippen molar-refractivity contribution >= 4 is 5.91 Å². The lowest BCUT2D eigenvalue weighted by Gasteiger charge is -2.19. The Balaban J connectivity index is 1.82. The molecular weight excluding hydrogens is 220 g/mol. The highest BCUT2D eigenvalue weighted by Gasteiger charge is 2.30. The number of aliphatic hydroxyl groups excluding tert-OH is 1. The summed E-state index contributed by atoms with van der Waals surface area (Å²) in [6.45, 7) is 1.33. The van der Waals surface area contributed by atoms with Crippen LogP contribution >= 0.6 is 0 Å². The number of aliphatic hydroxyl groups is 1. The monoisotopic (exact) mass is 238 g/mol. The topological polar surface area (TPSA) is 65.7 Å². The van der Waals surface area contributed by atoms with E-state index in [0.717, 1.165) is 18.6 Å². The van der Waals surface area contributed by atoms with E-state index in [1.807, 2.05) is 12.1 Å². The summed E-state index contributed by atoms with van der Waals surface area (Å²) in [4.78, 5) is 13.7. The first-order valence-corrected chi connectivity index (χ1v) is 5.93. The molecule has 5 heteroatoms. The van der Waals surface area contributed by atoms with Gasteiger partial charge >= 0.3 is 0 Å². The van der Waals surface area contributed by atoms with Gasteiger partial charge in [0, 0.05) is 12.6 Å². The van der Waals surface area contributed by atoms with Crippen LogP contribution in [0, 0.1) is 0 Å². The zero-order valence-corrected chi connectivity index (χ0v) is 9.76. The standard InChI is InChI=1S/C12H18N2O3/c15-6-5-13-12(16)9-14(10-3-4-10)8-11-2-1-7-17-11/h1-2,7,10,15H,3-6,8-9H2,(H,13,16). The second kappa shape index (κ2) is 5.84. The van der Waals surface area contributed by atoms with Gasteiger partial charge in [-0.3, -0.25) is 9.69 Å². The highest BCUT2D eigenvalue weighted by Crippen LogP contribution is 2.27. The normalized spacial score (nSPS) is 15.2. The lowest BCUT2D eigenvalue weighted by atomic mass is 10.3. The molecule has 2 rings (SSSR count). The van der Waals surface area contributed by atoms with Gasteiger partial charge in [-0.25, -0.2) is 0 Å². The van der Waals surface area contributed by atoms with Crippen LogP contribution in [0.15, 0.2) is 22.8 Å². The van der Waals surface area contributed by atoms with Crippen LogP contribution in [0.2, 0.25) is 0 Å². The zero-order valence-electron chi connectivity index (χ0n) is 9.76. The quantitative estimate of drug-likeness (QED) is 0.719. The van der Waals surface area contributed by atoms with E-state index < -0.39 is 0 Å². The van der Waals surface area contributed by atoms with E-state index in [2.05, 4.69) is 10.2 Å². The fourth-order valence-corrected chi connectivity index (χ4v) is 1.79. The SMILES string of the molecule is O=C(CN(Cc1ccco1)C1CC1)NCCO. The minimum absolute atomic E-state index is 0.0205. The van der Waals surface area contributed by atoms with Gasteiger partial charge in [-0.1, -0.05) is 0 Å². The number of nitrogens with one attached hydrogen (secondary N) is 1. The van der Waals surface area contributed by atoms with Crippen molar-refractivity contribution in [2.75, 3.05) is 19.7 Å². The largest absolute Gasteiger partial charge is 0.468 e. The first-order chi connectivity index (χ1) is 8.29. The first kappa shape index (κ1) is 12.1. The Morgan fingerprint density at radius 3 is 3.00 bits per heavy atom. The molecule has 94 valence electrons. The van der Waals surface area contributed by atoms with Gasteiger partial charge in [-0.2, -0.15) is 0 Å². The minimum atomic E-state index is -0.0440. The van der Waals surface area contributed by atoms with Gasteiger partial charge in [0.25, 0.3) is 0 Å².